The lowest BCUT2D eigenvalue weighted by atomic mass is 10.1. The van der Waals surface area contributed by atoms with E-state index < -0.39 is 10.5 Å². The number of nitro benzene ring substituents is 1. The highest BCUT2D eigenvalue weighted by molar-refractivity contribution is 5.83. The van der Waals surface area contributed by atoms with E-state index in [2.05, 4.69) is 0 Å². The van der Waals surface area contributed by atoms with Gasteiger partial charge in [-0.2, -0.15) is 0 Å². The van der Waals surface area contributed by atoms with Crippen molar-refractivity contribution in [1.82, 2.24) is 0 Å². The first kappa shape index (κ1) is 16.9. The molecule has 0 unspecified atom stereocenters. The van der Waals surface area contributed by atoms with E-state index >= 15 is 0 Å². The fourth-order valence-electron chi connectivity index (χ4n) is 1.56. The number of ketones is 1. The summed E-state index contributed by atoms with van der Waals surface area (Å²) in [5, 5.41) is 11.1. The Morgan fingerprint density at radius 1 is 1.24 bits per heavy atom. The van der Waals surface area contributed by atoms with Gasteiger partial charge in [-0.05, 0) is 26.8 Å². The Hall–Kier alpha value is -2.15. The fraction of sp³-hybridized carbons (Fsp3) is 0.500. The minimum atomic E-state index is -1.01. The Balaban J connectivity index is 3.16. The van der Waals surface area contributed by atoms with Crippen LogP contribution in [0.15, 0.2) is 12.1 Å². The van der Waals surface area contributed by atoms with Crippen LogP contribution in [0.25, 0.3) is 0 Å². The summed E-state index contributed by atoms with van der Waals surface area (Å²) in [6, 6.07) is 2.76. The van der Waals surface area contributed by atoms with E-state index in [4.69, 9.17) is 14.2 Å². The van der Waals surface area contributed by atoms with Gasteiger partial charge in [-0.1, -0.05) is 0 Å². The van der Waals surface area contributed by atoms with Crippen LogP contribution in [0, 0.1) is 10.1 Å². The Morgan fingerprint density at radius 3 is 2.19 bits per heavy atom. The highest BCUT2D eigenvalue weighted by Gasteiger charge is 2.27. The largest absolute Gasteiger partial charge is 0.493 e. The standard InChI is InChI=1S/C14H19NO6/c1-9(16)14(2,3)21-8-10-6-12(19-4)13(20-5)7-11(10)15(17)18/h6-7H,8H2,1-5H3. The van der Waals surface area contributed by atoms with Crippen molar-refractivity contribution in [3.63, 3.8) is 0 Å². The van der Waals surface area contributed by atoms with E-state index in [9.17, 15) is 14.9 Å². The molecule has 0 N–H and O–H groups in total. The topological polar surface area (TPSA) is 87.9 Å². The molecule has 0 aliphatic carbocycles. The third kappa shape index (κ3) is 3.91. The zero-order valence-corrected chi connectivity index (χ0v) is 12.8. The highest BCUT2D eigenvalue weighted by atomic mass is 16.6. The van der Waals surface area contributed by atoms with Gasteiger partial charge >= 0.3 is 0 Å². The molecule has 0 heterocycles. The number of hydrogen-bond donors (Lipinski definition) is 0. The molecule has 0 aromatic heterocycles. The maximum Gasteiger partial charge on any atom is 0.278 e. The Morgan fingerprint density at radius 2 is 1.76 bits per heavy atom. The second kappa shape index (κ2) is 6.53. The van der Waals surface area contributed by atoms with Crippen LogP contribution >= 0.6 is 0 Å². The van der Waals surface area contributed by atoms with Crippen LogP contribution in [0.1, 0.15) is 26.3 Å². The molecule has 1 rings (SSSR count). The second-order valence-corrected chi connectivity index (χ2v) is 4.95. The molecule has 0 atom stereocenters. The summed E-state index contributed by atoms with van der Waals surface area (Å²) < 4.78 is 15.7. The molecule has 0 spiro atoms. The lowest BCUT2D eigenvalue weighted by Crippen LogP contribution is -2.32. The zero-order chi connectivity index (χ0) is 16.2. The number of hydrogen-bond acceptors (Lipinski definition) is 6. The summed E-state index contributed by atoms with van der Waals surface area (Å²) in [5.74, 6) is 0.465. The van der Waals surface area contributed by atoms with E-state index in [0.29, 0.717) is 11.3 Å². The quantitative estimate of drug-likeness (QED) is 0.567. The number of carbonyl (C=O) groups is 1. The van der Waals surface area contributed by atoms with Gasteiger partial charge in [-0.25, -0.2) is 0 Å². The average molecular weight is 297 g/mol. The van der Waals surface area contributed by atoms with E-state index in [1.54, 1.807) is 13.8 Å². The van der Waals surface area contributed by atoms with Gasteiger partial charge in [-0.3, -0.25) is 14.9 Å². The number of rotatable bonds is 7. The van der Waals surface area contributed by atoms with Crippen LogP contribution in [0.2, 0.25) is 0 Å². The zero-order valence-electron chi connectivity index (χ0n) is 12.8. The predicted octanol–water partition coefficient (Wildman–Crippen LogP) is 2.50. The Bertz CT molecular complexity index is 553. The molecule has 0 amide bonds. The van der Waals surface area contributed by atoms with Crippen LogP contribution in [0.3, 0.4) is 0 Å². The first-order valence-electron chi connectivity index (χ1n) is 6.27. The first-order valence-corrected chi connectivity index (χ1v) is 6.27. The SMILES string of the molecule is COc1cc(COC(C)(C)C(C)=O)c([N+](=O)[O-])cc1OC. The molecule has 1 aromatic carbocycles. The fourth-order valence-corrected chi connectivity index (χ4v) is 1.56. The number of nitrogens with zero attached hydrogens (tertiary/aromatic N) is 1. The molecule has 1 aromatic rings. The van der Waals surface area contributed by atoms with Crippen molar-refractivity contribution in [1.29, 1.82) is 0 Å². The number of Topliss-reactive ketones (excluding diaryl/α,β-unsaturated/α-hetero) is 1. The van der Waals surface area contributed by atoms with Gasteiger partial charge in [-0.15, -0.1) is 0 Å². The molecule has 116 valence electrons. The van der Waals surface area contributed by atoms with Crippen LogP contribution in [-0.4, -0.2) is 30.5 Å². The van der Waals surface area contributed by atoms with Crippen LogP contribution in [0.4, 0.5) is 5.69 Å². The summed E-state index contributed by atoms with van der Waals surface area (Å²) in [6.45, 7) is 4.55. The van der Waals surface area contributed by atoms with Gasteiger partial charge in [0.1, 0.15) is 5.60 Å². The lowest BCUT2D eigenvalue weighted by Gasteiger charge is -2.22. The van der Waals surface area contributed by atoms with Crippen molar-refractivity contribution in [2.45, 2.75) is 33.0 Å². The first-order chi connectivity index (χ1) is 9.72. The van der Waals surface area contributed by atoms with Crippen molar-refractivity contribution in [3.8, 4) is 11.5 Å². The lowest BCUT2D eigenvalue weighted by molar-refractivity contribution is -0.386. The minimum absolute atomic E-state index is 0.0801. The molecule has 7 nitrogen and oxygen atoms in total. The number of methoxy groups -OCH3 is 2. The van der Waals surface area contributed by atoms with Crippen LogP contribution in [0.5, 0.6) is 11.5 Å². The van der Waals surface area contributed by atoms with Crippen LogP contribution < -0.4 is 9.47 Å². The molecule has 0 radical (unpaired) electrons. The maximum atomic E-state index is 11.4. The molecule has 0 fully saturated rings. The summed E-state index contributed by atoms with van der Waals surface area (Å²) in [6.07, 6.45) is 0. The molecule has 0 aliphatic heterocycles. The average Bonchev–Trinajstić information content (AvgIpc) is 2.43. The van der Waals surface area contributed by atoms with Gasteiger partial charge in [0, 0.05) is 0 Å². The molecular formula is C14H19NO6. The Labute approximate surface area is 123 Å². The normalized spacial score (nSPS) is 11.1. The summed E-state index contributed by atoms with van der Waals surface area (Å²) in [4.78, 5) is 22.0. The summed E-state index contributed by atoms with van der Waals surface area (Å²) in [7, 11) is 2.84. The number of ether oxygens (including phenoxy) is 3. The van der Waals surface area contributed by atoms with Crippen molar-refractivity contribution >= 4 is 11.5 Å². The Kier molecular flexibility index (Phi) is 5.26. The molecule has 0 saturated carbocycles. The summed E-state index contributed by atoms with van der Waals surface area (Å²) in [5.41, 5.74) is -0.847. The predicted molar refractivity (Wildman–Crippen MR) is 75.7 cm³/mol. The van der Waals surface area contributed by atoms with Gasteiger partial charge < -0.3 is 14.2 Å². The van der Waals surface area contributed by atoms with E-state index in [0.717, 1.165) is 0 Å². The van der Waals surface area contributed by atoms with Crippen LogP contribution in [-0.2, 0) is 16.1 Å². The van der Waals surface area contributed by atoms with Gasteiger partial charge in [0.15, 0.2) is 17.3 Å². The number of benzene rings is 1. The van der Waals surface area contributed by atoms with Crippen molar-refractivity contribution in [2.24, 2.45) is 0 Å². The second-order valence-electron chi connectivity index (χ2n) is 4.95. The third-order valence-electron chi connectivity index (χ3n) is 3.22. The molecule has 21 heavy (non-hydrogen) atoms. The summed E-state index contributed by atoms with van der Waals surface area (Å²) >= 11 is 0. The number of carbonyl (C=O) groups excluding carboxylic acids is 1. The van der Waals surface area contributed by atoms with Crippen molar-refractivity contribution < 1.29 is 23.9 Å². The van der Waals surface area contributed by atoms with Crippen molar-refractivity contribution in [2.75, 3.05) is 14.2 Å². The minimum Gasteiger partial charge on any atom is -0.493 e. The van der Waals surface area contributed by atoms with Crippen molar-refractivity contribution in [3.05, 3.63) is 27.8 Å². The smallest absolute Gasteiger partial charge is 0.278 e. The third-order valence-corrected chi connectivity index (χ3v) is 3.22. The van der Waals surface area contributed by atoms with Gasteiger partial charge in [0.05, 0.1) is 37.4 Å². The monoisotopic (exact) mass is 297 g/mol. The number of nitro groups is 1. The van der Waals surface area contributed by atoms with Gasteiger partial charge in [0.25, 0.3) is 5.69 Å². The highest BCUT2D eigenvalue weighted by Crippen LogP contribution is 2.35. The molecule has 0 saturated heterocycles. The van der Waals surface area contributed by atoms with Gasteiger partial charge in [0.2, 0.25) is 0 Å². The molecule has 0 bridgehead atoms. The maximum absolute atomic E-state index is 11.4. The molecular weight excluding hydrogens is 278 g/mol. The van der Waals surface area contributed by atoms with E-state index in [1.165, 1.54) is 33.3 Å². The molecule has 7 heteroatoms. The van der Waals surface area contributed by atoms with E-state index in [1.807, 2.05) is 0 Å². The molecule has 0 aliphatic rings. The van der Waals surface area contributed by atoms with E-state index in [-0.39, 0.29) is 23.8 Å².